The molecular formula is C12H17NO4. The third-order valence-corrected chi connectivity index (χ3v) is 2.09. The van der Waals surface area contributed by atoms with E-state index >= 15 is 0 Å². The molecule has 0 aliphatic carbocycles. The number of carbonyl (C=O) groups is 1. The van der Waals surface area contributed by atoms with Gasteiger partial charge < -0.3 is 19.9 Å². The van der Waals surface area contributed by atoms with Crippen LogP contribution in [0.5, 0.6) is 11.5 Å². The van der Waals surface area contributed by atoms with Crippen molar-refractivity contribution in [2.75, 3.05) is 20.8 Å². The molecule has 0 saturated carbocycles. The molecular weight excluding hydrogens is 222 g/mol. The van der Waals surface area contributed by atoms with E-state index in [9.17, 15) is 4.79 Å². The first kappa shape index (κ1) is 13.3. The molecule has 1 rings (SSSR count). The zero-order valence-corrected chi connectivity index (χ0v) is 10.2. The Labute approximate surface area is 100 Å². The minimum atomic E-state index is -0.418. The van der Waals surface area contributed by atoms with Crippen LogP contribution in [-0.2, 0) is 4.74 Å². The minimum absolute atomic E-state index is 0.0958. The van der Waals surface area contributed by atoms with Crippen LogP contribution >= 0.6 is 0 Å². The summed E-state index contributed by atoms with van der Waals surface area (Å²) in [7, 11) is 2.86. The Balaban J connectivity index is 2.93. The highest BCUT2D eigenvalue weighted by Gasteiger charge is 2.11. The quantitative estimate of drug-likeness (QED) is 0.782. The van der Waals surface area contributed by atoms with Gasteiger partial charge in [-0.3, -0.25) is 0 Å². The molecule has 0 fully saturated rings. The Hall–Kier alpha value is -1.75. The molecule has 94 valence electrons. The van der Waals surface area contributed by atoms with Gasteiger partial charge in [0.15, 0.2) is 11.5 Å². The number of hydrogen-bond acceptors (Lipinski definition) is 5. The molecule has 1 aromatic rings. The van der Waals surface area contributed by atoms with Gasteiger partial charge in [0.2, 0.25) is 0 Å². The van der Waals surface area contributed by atoms with Crippen molar-refractivity contribution in [3.63, 3.8) is 0 Å². The van der Waals surface area contributed by atoms with E-state index in [4.69, 9.17) is 15.2 Å². The van der Waals surface area contributed by atoms with Crippen molar-refractivity contribution in [3.05, 3.63) is 23.8 Å². The van der Waals surface area contributed by atoms with Crippen LogP contribution in [0.15, 0.2) is 18.2 Å². The van der Waals surface area contributed by atoms with Gasteiger partial charge in [0.05, 0.1) is 19.8 Å². The van der Waals surface area contributed by atoms with Crippen LogP contribution < -0.4 is 15.2 Å². The van der Waals surface area contributed by atoms with Crippen LogP contribution in [0.2, 0.25) is 0 Å². The Morgan fingerprint density at radius 1 is 1.35 bits per heavy atom. The molecule has 5 heteroatoms. The molecule has 0 aliphatic rings. The highest BCUT2D eigenvalue weighted by molar-refractivity contribution is 5.90. The smallest absolute Gasteiger partial charge is 0.337 e. The van der Waals surface area contributed by atoms with Crippen molar-refractivity contribution < 1.29 is 19.0 Å². The number of nitrogens with two attached hydrogens (primary N) is 1. The molecule has 0 amide bonds. The van der Waals surface area contributed by atoms with Crippen molar-refractivity contribution in [2.45, 2.75) is 13.0 Å². The molecule has 2 N–H and O–H groups in total. The summed E-state index contributed by atoms with van der Waals surface area (Å²) in [6, 6.07) is 4.75. The molecule has 0 bridgehead atoms. The van der Waals surface area contributed by atoms with Gasteiger partial charge in [-0.05, 0) is 25.1 Å². The molecule has 0 aliphatic heterocycles. The molecule has 0 heterocycles. The summed E-state index contributed by atoms with van der Waals surface area (Å²) in [4.78, 5) is 11.4. The first-order valence-corrected chi connectivity index (χ1v) is 5.23. The fourth-order valence-electron chi connectivity index (χ4n) is 1.26. The van der Waals surface area contributed by atoms with Crippen LogP contribution in [0.25, 0.3) is 0 Å². The van der Waals surface area contributed by atoms with Crippen LogP contribution in [0.3, 0.4) is 0 Å². The van der Waals surface area contributed by atoms with Crippen molar-refractivity contribution in [1.82, 2.24) is 0 Å². The van der Waals surface area contributed by atoms with Gasteiger partial charge in [0.25, 0.3) is 0 Å². The zero-order chi connectivity index (χ0) is 12.8. The summed E-state index contributed by atoms with van der Waals surface area (Å²) < 4.78 is 15.2. The number of methoxy groups -OCH3 is 2. The highest BCUT2D eigenvalue weighted by Crippen LogP contribution is 2.28. The number of esters is 1. The second kappa shape index (κ2) is 6.10. The van der Waals surface area contributed by atoms with E-state index in [1.54, 1.807) is 18.2 Å². The third-order valence-electron chi connectivity index (χ3n) is 2.09. The van der Waals surface area contributed by atoms with Crippen LogP contribution in [-0.4, -0.2) is 32.8 Å². The lowest BCUT2D eigenvalue weighted by Gasteiger charge is -2.13. The zero-order valence-electron chi connectivity index (χ0n) is 10.2. The SMILES string of the molecule is COC(=O)c1ccc(OC)c(OCC(C)N)c1. The number of ether oxygens (including phenoxy) is 3. The average molecular weight is 239 g/mol. The van der Waals surface area contributed by atoms with Gasteiger partial charge in [-0.25, -0.2) is 4.79 Å². The average Bonchev–Trinajstić information content (AvgIpc) is 2.34. The second-order valence-electron chi connectivity index (χ2n) is 3.65. The standard InChI is InChI=1S/C12H17NO4/c1-8(13)7-17-11-6-9(12(14)16-3)4-5-10(11)15-2/h4-6,8H,7,13H2,1-3H3. The maximum absolute atomic E-state index is 11.4. The van der Waals surface area contributed by atoms with Crippen molar-refractivity contribution >= 4 is 5.97 Å². The summed E-state index contributed by atoms with van der Waals surface area (Å²) in [5, 5.41) is 0. The van der Waals surface area contributed by atoms with E-state index in [1.165, 1.54) is 14.2 Å². The lowest BCUT2D eigenvalue weighted by Crippen LogP contribution is -2.23. The third kappa shape index (κ3) is 3.64. The molecule has 5 nitrogen and oxygen atoms in total. The number of carbonyl (C=O) groups excluding carboxylic acids is 1. The van der Waals surface area contributed by atoms with Crippen LogP contribution in [0, 0.1) is 0 Å². The Morgan fingerprint density at radius 3 is 2.59 bits per heavy atom. The summed E-state index contributed by atoms with van der Waals surface area (Å²) in [5.74, 6) is 0.615. The van der Waals surface area contributed by atoms with E-state index in [2.05, 4.69) is 4.74 Å². The molecule has 1 atom stereocenters. The van der Waals surface area contributed by atoms with Gasteiger partial charge >= 0.3 is 5.97 Å². The predicted octanol–water partition coefficient (Wildman–Crippen LogP) is 1.21. The number of benzene rings is 1. The summed E-state index contributed by atoms with van der Waals surface area (Å²) in [6.45, 7) is 2.18. The maximum atomic E-state index is 11.4. The lowest BCUT2D eigenvalue weighted by molar-refractivity contribution is 0.0600. The van der Waals surface area contributed by atoms with Crippen LogP contribution in [0.4, 0.5) is 0 Å². The molecule has 0 aromatic heterocycles. The number of hydrogen-bond donors (Lipinski definition) is 1. The van der Waals surface area contributed by atoms with Crippen molar-refractivity contribution in [1.29, 1.82) is 0 Å². The fourth-order valence-corrected chi connectivity index (χ4v) is 1.26. The molecule has 1 aromatic carbocycles. The summed E-state index contributed by atoms with van der Waals surface area (Å²) in [6.07, 6.45) is 0. The van der Waals surface area contributed by atoms with Gasteiger partial charge in [-0.1, -0.05) is 0 Å². The van der Waals surface area contributed by atoms with E-state index in [-0.39, 0.29) is 6.04 Å². The lowest BCUT2D eigenvalue weighted by atomic mass is 10.2. The van der Waals surface area contributed by atoms with Gasteiger partial charge in [0.1, 0.15) is 6.61 Å². The normalized spacial score (nSPS) is 11.8. The molecule has 0 spiro atoms. The van der Waals surface area contributed by atoms with E-state index in [0.29, 0.717) is 23.7 Å². The maximum Gasteiger partial charge on any atom is 0.337 e. The predicted molar refractivity (Wildman–Crippen MR) is 63.5 cm³/mol. The minimum Gasteiger partial charge on any atom is -0.493 e. The summed E-state index contributed by atoms with van der Waals surface area (Å²) in [5.41, 5.74) is 6.01. The highest BCUT2D eigenvalue weighted by atomic mass is 16.5. The largest absolute Gasteiger partial charge is 0.493 e. The number of rotatable bonds is 5. The van der Waals surface area contributed by atoms with Gasteiger partial charge in [-0.15, -0.1) is 0 Å². The van der Waals surface area contributed by atoms with E-state index < -0.39 is 5.97 Å². The van der Waals surface area contributed by atoms with Crippen molar-refractivity contribution in [3.8, 4) is 11.5 Å². The molecule has 0 saturated heterocycles. The monoisotopic (exact) mass is 239 g/mol. The molecule has 17 heavy (non-hydrogen) atoms. The van der Waals surface area contributed by atoms with Gasteiger partial charge in [0, 0.05) is 6.04 Å². The topological polar surface area (TPSA) is 70.8 Å². The molecule has 0 radical (unpaired) electrons. The first-order valence-electron chi connectivity index (χ1n) is 5.23. The molecule has 1 unspecified atom stereocenters. The Bertz CT molecular complexity index is 390. The van der Waals surface area contributed by atoms with Crippen molar-refractivity contribution in [2.24, 2.45) is 5.73 Å². The van der Waals surface area contributed by atoms with E-state index in [1.807, 2.05) is 6.92 Å². The fraction of sp³-hybridized carbons (Fsp3) is 0.417. The van der Waals surface area contributed by atoms with Gasteiger partial charge in [-0.2, -0.15) is 0 Å². The van der Waals surface area contributed by atoms with Crippen LogP contribution in [0.1, 0.15) is 17.3 Å². The van der Waals surface area contributed by atoms with E-state index in [0.717, 1.165) is 0 Å². The summed E-state index contributed by atoms with van der Waals surface area (Å²) >= 11 is 0. The first-order chi connectivity index (χ1) is 8.08. The second-order valence-corrected chi connectivity index (χ2v) is 3.65. The Morgan fingerprint density at radius 2 is 2.06 bits per heavy atom. The Kier molecular flexibility index (Phi) is 4.78.